The first kappa shape index (κ1) is 13.6. The van der Waals surface area contributed by atoms with E-state index >= 15 is 0 Å². The third-order valence-corrected chi connectivity index (χ3v) is 3.72. The van der Waals surface area contributed by atoms with Crippen LogP contribution in [0.2, 0.25) is 0 Å². The molecule has 0 bridgehead atoms. The van der Waals surface area contributed by atoms with Gasteiger partial charge in [0, 0.05) is 25.3 Å². The summed E-state index contributed by atoms with van der Waals surface area (Å²) in [5.74, 6) is 0.384. The first-order valence-corrected chi connectivity index (χ1v) is 7.08. The second-order valence-corrected chi connectivity index (χ2v) is 5.13. The van der Waals surface area contributed by atoms with Crippen molar-refractivity contribution < 1.29 is 4.74 Å². The van der Waals surface area contributed by atoms with Gasteiger partial charge in [0.1, 0.15) is 17.9 Å². The number of hydrogen-bond acceptors (Lipinski definition) is 5. The molecule has 108 valence electrons. The number of H-pyrrole nitrogens is 1. The Bertz CT molecular complexity index is 602. The zero-order chi connectivity index (χ0) is 14.5. The van der Waals surface area contributed by atoms with E-state index < -0.39 is 0 Å². The molecule has 1 aliphatic rings. The predicted octanol–water partition coefficient (Wildman–Crippen LogP) is 2.26. The van der Waals surface area contributed by atoms with Crippen molar-refractivity contribution in [2.75, 3.05) is 18.5 Å². The molecule has 1 aliphatic heterocycles. The molecule has 0 radical (unpaired) electrons. The summed E-state index contributed by atoms with van der Waals surface area (Å²) in [5.41, 5.74) is 2.37. The Morgan fingerprint density at radius 1 is 1.43 bits per heavy atom. The van der Waals surface area contributed by atoms with Crippen LogP contribution in [-0.2, 0) is 4.74 Å². The summed E-state index contributed by atoms with van der Waals surface area (Å²) < 4.78 is 5.89. The van der Waals surface area contributed by atoms with Gasteiger partial charge in [-0.15, -0.1) is 0 Å². The average Bonchev–Trinajstić information content (AvgIpc) is 3.08. The lowest BCUT2D eigenvalue weighted by molar-refractivity contribution is -0.0263. The largest absolute Gasteiger partial charge is 0.383 e. The van der Waals surface area contributed by atoms with Crippen molar-refractivity contribution in [2.24, 2.45) is 5.92 Å². The van der Waals surface area contributed by atoms with Gasteiger partial charge < -0.3 is 10.1 Å². The Balaban J connectivity index is 1.63. The summed E-state index contributed by atoms with van der Waals surface area (Å²) >= 11 is 0. The smallest absolute Gasteiger partial charge is 0.140 e. The van der Waals surface area contributed by atoms with E-state index in [-0.39, 0.29) is 6.10 Å². The monoisotopic (exact) mass is 283 g/mol. The van der Waals surface area contributed by atoms with Crippen LogP contribution in [-0.4, -0.2) is 28.3 Å². The SMILES string of the molecule is N#Cc1ccc(NC[C@@H]2CCCO[C@H]2c2ccn[nH]2)cn1. The number of nitrogens with one attached hydrogen (secondary N) is 2. The summed E-state index contributed by atoms with van der Waals surface area (Å²) in [6, 6.07) is 7.57. The van der Waals surface area contributed by atoms with Gasteiger partial charge in [0.15, 0.2) is 0 Å². The van der Waals surface area contributed by atoms with Crippen molar-refractivity contribution in [3.8, 4) is 6.07 Å². The summed E-state index contributed by atoms with van der Waals surface area (Å²) in [6.45, 7) is 1.59. The van der Waals surface area contributed by atoms with Gasteiger partial charge in [-0.25, -0.2) is 4.98 Å². The minimum absolute atomic E-state index is 0.0556. The maximum atomic E-state index is 8.74. The molecule has 6 nitrogen and oxygen atoms in total. The first-order valence-electron chi connectivity index (χ1n) is 7.08. The summed E-state index contributed by atoms with van der Waals surface area (Å²) in [6.07, 6.45) is 5.68. The van der Waals surface area contributed by atoms with Crippen LogP contribution in [0.3, 0.4) is 0 Å². The van der Waals surface area contributed by atoms with Crippen LogP contribution < -0.4 is 5.32 Å². The van der Waals surface area contributed by atoms with Crippen LogP contribution in [0, 0.1) is 17.2 Å². The fourth-order valence-electron chi connectivity index (χ4n) is 2.63. The van der Waals surface area contributed by atoms with Gasteiger partial charge in [0.05, 0.1) is 17.6 Å². The molecular formula is C15H17N5O. The molecule has 0 unspecified atom stereocenters. The van der Waals surface area contributed by atoms with Gasteiger partial charge in [-0.2, -0.15) is 10.4 Å². The summed E-state index contributed by atoms with van der Waals surface area (Å²) in [4.78, 5) is 4.06. The van der Waals surface area contributed by atoms with Crippen LogP contribution in [0.4, 0.5) is 5.69 Å². The normalized spacial score (nSPS) is 21.7. The van der Waals surface area contributed by atoms with Gasteiger partial charge in [0.2, 0.25) is 0 Å². The second kappa shape index (κ2) is 6.37. The van der Waals surface area contributed by atoms with Crippen molar-refractivity contribution in [1.82, 2.24) is 15.2 Å². The van der Waals surface area contributed by atoms with E-state index in [0.717, 1.165) is 37.4 Å². The summed E-state index contributed by atoms with van der Waals surface area (Å²) in [7, 11) is 0. The maximum Gasteiger partial charge on any atom is 0.140 e. The molecule has 1 fully saturated rings. The topological polar surface area (TPSA) is 86.6 Å². The molecule has 6 heteroatoms. The van der Waals surface area contributed by atoms with Gasteiger partial charge in [-0.05, 0) is 31.0 Å². The van der Waals surface area contributed by atoms with E-state index in [1.807, 2.05) is 18.2 Å². The minimum Gasteiger partial charge on any atom is -0.383 e. The number of ether oxygens (including phenoxy) is 1. The highest BCUT2D eigenvalue weighted by atomic mass is 16.5. The number of rotatable bonds is 4. The number of anilines is 1. The van der Waals surface area contributed by atoms with E-state index in [4.69, 9.17) is 10.00 Å². The van der Waals surface area contributed by atoms with Crippen LogP contribution in [0.1, 0.15) is 30.3 Å². The minimum atomic E-state index is 0.0556. The highest BCUT2D eigenvalue weighted by Gasteiger charge is 2.28. The summed E-state index contributed by atoms with van der Waals surface area (Å²) in [5, 5.41) is 19.1. The number of nitrogens with zero attached hydrogens (tertiary/aromatic N) is 3. The quantitative estimate of drug-likeness (QED) is 0.898. The molecule has 0 spiro atoms. The van der Waals surface area contributed by atoms with Crippen molar-refractivity contribution in [2.45, 2.75) is 18.9 Å². The fourth-order valence-corrected chi connectivity index (χ4v) is 2.63. The lowest BCUT2D eigenvalue weighted by atomic mass is 9.92. The molecule has 2 N–H and O–H groups in total. The van der Waals surface area contributed by atoms with Crippen molar-refractivity contribution >= 4 is 5.69 Å². The Hall–Kier alpha value is -2.39. The van der Waals surface area contributed by atoms with Crippen molar-refractivity contribution in [3.63, 3.8) is 0 Å². The number of hydrogen-bond donors (Lipinski definition) is 2. The predicted molar refractivity (Wildman–Crippen MR) is 77.4 cm³/mol. The van der Waals surface area contributed by atoms with E-state index in [9.17, 15) is 0 Å². The lowest BCUT2D eigenvalue weighted by Gasteiger charge is -2.31. The van der Waals surface area contributed by atoms with E-state index in [2.05, 4.69) is 20.5 Å². The van der Waals surface area contributed by atoms with Crippen molar-refractivity contribution in [3.05, 3.63) is 42.0 Å². The third-order valence-electron chi connectivity index (χ3n) is 3.72. The second-order valence-electron chi connectivity index (χ2n) is 5.13. The number of aromatic nitrogens is 3. The molecule has 2 aromatic heterocycles. The molecule has 0 aromatic carbocycles. The van der Waals surface area contributed by atoms with Crippen LogP contribution >= 0.6 is 0 Å². The molecule has 3 rings (SSSR count). The average molecular weight is 283 g/mol. The lowest BCUT2D eigenvalue weighted by Crippen LogP contribution is -2.28. The van der Waals surface area contributed by atoms with Gasteiger partial charge in [0.25, 0.3) is 0 Å². The Kier molecular flexibility index (Phi) is 4.12. The first-order chi connectivity index (χ1) is 10.4. The third kappa shape index (κ3) is 3.20. The molecule has 2 atom stereocenters. The standard InChI is InChI=1S/C15H17N5O/c16-8-12-3-4-13(10-18-12)17-9-11-2-1-7-21-15(11)14-5-6-19-20-14/h3-6,10-11,15,17H,1-2,7,9H2,(H,19,20)/t11-,15+/m0/s1. The zero-order valence-corrected chi connectivity index (χ0v) is 11.6. The van der Waals surface area contributed by atoms with Crippen LogP contribution in [0.25, 0.3) is 0 Å². The zero-order valence-electron chi connectivity index (χ0n) is 11.6. The molecule has 0 amide bonds. The molecule has 0 saturated carbocycles. The fraction of sp³-hybridized carbons (Fsp3) is 0.400. The van der Waals surface area contributed by atoms with Gasteiger partial charge >= 0.3 is 0 Å². The highest BCUT2D eigenvalue weighted by molar-refractivity contribution is 5.42. The molecule has 0 aliphatic carbocycles. The Labute approximate surface area is 123 Å². The molecule has 21 heavy (non-hydrogen) atoms. The number of pyridine rings is 1. The highest BCUT2D eigenvalue weighted by Crippen LogP contribution is 2.32. The Morgan fingerprint density at radius 2 is 2.38 bits per heavy atom. The molecule has 2 aromatic rings. The van der Waals surface area contributed by atoms with Gasteiger partial charge in [-0.3, -0.25) is 5.10 Å². The maximum absolute atomic E-state index is 8.74. The molecular weight excluding hydrogens is 266 g/mol. The van der Waals surface area contributed by atoms with Gasteiger partial charge in [-0.1, -0.05) is 0 Å². The number of aromatic amines is 1. The van der Waals surface area contributed by atoms with Crippen LogP contribution in [0.5, 0.6) is 0 Å². The van der Waals surface area contributed by atoms with E-state index in [0.29, 0.717) is 11.6 Å². The molecule has 3 heterocycles. The van der Waals surface area contributed by atoms with Crippen molar-refractivity contribution in [1.29, 1.82) is 5.26 Å². The molecule has 1 saturated heterocycles. The Morgan fingerprint density at radius 3 is 3.10 bits per heavy atom. The van der Waals surface area contributed by atoms with E-state index in [1.165, 1.54) is 0 Å². The number of nitriles is 1. The van der Waals surface area contributed by atoms with Crippen LogP contribution in [0.15, 0.2) is 30.6 Å². The van der Waals surface area contributed by atoms with E-state index in [1.54, 1.807) is 18.5 Å².